The maximum Gasteiger partial charge on any atom is 0.0540 e. The predicted molar refractivity (Wildman–Crippen MR) is 109 cm³/mol. The number of hydrogen-bond donors (Lipinski definition) is 1. The Morgan fingerprint density at radius 1 is 0.625 bits per heavy atom. The third kappa shape index (κ3) is 20.0. The Kier molecular flexibility index (Phi) is 21.0. The van der Waals surface area contributed by atoms with E-state index in [4.69, 9.17) is 5.11 Å². The highest BCUT2D eigenvalue weighted by Crippen LogP contribution is 2.16. The van der Waals surface area contributed by atoms with Gasteiger partial charge >= 0.3 is 0 Å². The number of aliphatic hydroxyl groups excluding tert-OH is 1. The summed E-state index contributed by atoms with van der Waals surface area (Å²) in [4.78, 5) is 0. The Morgan fingerprint density at radius 3 is 1.21 bits per heavy atom. The molecule has 1 N–H and O–H groups in total. The second kappa shape index (κ2) is 21.0. The highest BCUT2D eigenvalue weighted by atomic mass is 16.3. The van der Waals surface area contributed by atoms with E-state index in [1.54, 1.807) is 0 Å². The predicted octanol–water partition coefficient (Wildman–Crippen LogP) is 8.00. The molecule has 0 saturated heterocycles. The summed E-state index contributed by atoms with van der Waals surface area (Å²) in [6, 6.07) is 0. The van der Waals surface area contributed by atoms with Crippen LogP contribution in [0.4, 0.5) is 0 Å². The first kappa shape index (κ1) is 24.0. The summed E-state index contributed by atoms with van der Waals surface area (Å²) in [5, 5.41) is 8.73. The number of unbranched alkanes of at least 4 members (excludes halogenated alkanes) is 15. The highest BCUT2D eigenvalue weighted by Gasteiger charge is 2.09. The topological polar surface area (TPSA) is 20.2 Å². The van der Waals surface area contributed by atoms with Gasteiger partial charge in [0, 0.05) is 0 Å². The summed E-state index contributed by atoms with van der Waals surface area (Å²) in [6.45, 7) is 6.18. The maximum atomic E-state index is 8.73. The van der Waals surface area contributed by atoms with Gasteiger partial charge in [-0.1, -0.05) is 129 Å². The SMILES string of the molecule is OC1CCCC1.[CH2]CCCCCCCCCCCCCCCCC. The Bertz CT molecular complexity index is 192. The van der Waals surface area contributed by atoms with Gasteiger partial charge < -0.3 is 5.11 Å². The smallest absolute Gasteiger partial charge is 0.0540 e. The lowest BCUT2D eigenvalue weighted by Crippen LogP contribution is -1.94. The van der Waals surface area contributed by atoms with Crippen LogP contribution >= 0.6 is 0 Å². The fourth-order valence-corrected chi connectivity index (χ4v) is 3.45. The van der Waals surface area contributed by atoms with E-state index < -0.39 is 0 Å². The molecule has 0 amide bonds. The molecule has 1 nitrogen and oxygen atoms in total. The normalized spacial score (nSPS) is 14.6. The highest BCUT2D eigenvalue weighted by molar-refractivity contribution is 4.63. The molecule has 0 aliphatic heterocycles. The molecule has 1 saturated carbocycles. The van der Waals surface area contributed by atoms with Crippen molar-refractivity contribution in [3.63, 3.8) is 0 Å². The van der Waals surface area contributed by atoms with Crippen LogP contribution in [-0.2, 0) is 0 Å². The van der Waals surface area contributed by atoms with Gasteiger partial charge in [0.05, 0.1) is 6.10 Å². The monoisotopic (exact) mass is 339 g/mol. The molecule has 0 spiro atoms. The first-order valence-corrected chi connectivity index (χ1v) is 11.3. The lowest BCUT2D eigenvalue weighted by molar-refractivity contribution is 0.183. The number of hydrogen-bond acceptors (Lipinski definition) is 1. The third-order valence-electron chi connectivity index (χ3n) is 5.18. The van der Waals surface area contributed by atoms with Crippen molar-refractivity contribution in [1.29, 1.82) is 0 Å². The lowest BCUT2D eigenvalue weighted by atomic mass is 10.0. The molecular formula is C23H47O. The minimum atomic E-state index is 0.0463. The van der Waals surface area contributed by atoms with Gasteiger partial charge in [-0.15, -0.1) is 0 Å². The minimum Gasteiger partial charge on any atom is -0.393 e. The van der Waals surface area contributed by atoms with Gasteiger partial charge in [-0.2, -0.15) is 0 Å². The largest absolute Gasteiger partial charge is 0.393 e. The molecule has 1 rings (SSSR count). The Hall–Kier alpha value is -0.0400. The molecule has 145 valence electrons. The van der Waals surface area contributed by atoms with Crippen molar-refractivity contribution in [2.75, 3.05) is 0 Å². The molecule has 0 bridgehead atoms. The van der Waals surface area contributed by atoms with Gasteiger partial charge in [-0.3, -0.25) is 0 Å². The van der Waals surface area contributed by atoms with Crippen molar-refractivity contribution in [3.8, 4) is 0 Å². The van der Waals surface area contributed by atoms with E-state index >= 15 is 0 Å². The van der Waals surface area contributed by atoms with Crippen LogP contribution in [0.15, 0.2) is 0 Å². The molecule has 1 fully saturated rings. The molecule has 0 aromatic heterocycles. The van der Waals surface area contributed by atoms with E-state index in [2.05, 4.69) is 13.8 Å². The molecule has 0 aromatic carbocycles. The van der Waals surface area contributed by atoms with Gasteiger partial charge in [0.25, 0.3) is 0 Å². The summed E-state index contributed by atoms with van der Waals surface area (Å²) in [7, 11) is 0. The molecule has 0 unspecified atom stereocenters. The average Bonchev–Trinajstić information content (AvgIpc) is 3.07. The van der Waals surface area contributed by atoms with E-state index in [-0.39, 0.29) is 6.10 Å². The first-order valence-electron chi connectivity index (χ1n) is 11.3. The summed E-state index contributed by atoms with van der Waals surface area (Å²) in [6.07, 6.45) is 27.4. The Morgan fingerprint density at radius 2 is 0.958 bits per heavy atom. The van der Waals surface area contributed by atoms with E-state index in [1.165, 1.54) is 109 Å². The first-order chi connectivity index (χ1) is 11.8. The molecule has 1 aliphatic rings. The molecule has 0 heterocycles. The standard InChI is InChI=1S/C18H37.C5H10O/c1-3-5-7-9-11-13-15-17-18-16-14-12-10-8-6-4-2;6-5-3-1-2-4-5/h1,3-18H2,2H3;5-6H,1-4H2. The van der Waals surface area contributed by atoms with Gasteiger partial charge in [0.2, 0.25) is 0 Å². The zero-order chi connectivity index (χ0) is 17.7. The van der Waals surface area contributed by atoms with Crippen LogP contribution in [0.2, 0.25) is 0 Å². The zero-order valence-corrected chi connectivity index (χ0v) is 16.9. The van der Waals surface area contributed by atoms with Crippen molar-refractivity contribution < 1.29 is 5.11 Å². The lowest BCUT2D eigenvalue weighted by Gasteiger charge is -2.03. The van der Waals surface area contributed by atoms with E-state index in [0.29, 0.717) is 0 Å². The van der Waals surface area contributed by atoms with Crippen LogP contribution in [0.3, 0.4) is 0 Å². The third-order valence-corrected chi connectivity index (χ3v) is 5.18. The van der Waals surface area contributed by atoms with Crippen LogP contribution in [0, 0.1) is 6.92 Å². The summed E-state index contributed by atoms with van der Waals surface area (Å²) >= 11 is 0. The van der Waals surface area contributed by atoms with E-state index in [1.807, 2.05) is 0 Å². The van der Waals surface area contributed by atoms with Crippen molar-refractivity contribution in [2.45, 2.75) is 141 Å². The van der Waals surface area contributed by atoms with Gasteiger partial charge in [0.15, 0.2) is 0 Å². The average molecular weight is 340 g/mol. The second-order valence-electron chi connectivity index (χ2n) is 7.74. The molecule has 0 aromatic rings. The zero-order valence-electron chi connectivity index (χ0n) is 16.9. The molecule has 24 heavy (non-hydrogen) atoms. The fourth-order valence-electron chi connectivity index (χ4n) is 3.45. The van der Waals surface area contributed by atoms with Gasteiger partial charge in [-0.25, -0.2) is 0 Å². The summed E-state index contributed by atoms with van der Waals surface area (Å²) in [5.74, 6) is 0. The van der Waals surface area contributed by atoms with Crippen LogP contribution in [0.1, 0.15) is 135 Å². The van der Waals surface area contributed by atoms with Crippen LogP contribution < -0.4 is 0 Å². The van der Waals surface area contributed by atoms with Crippen LogP contribution in [0.25, 0.3) is 0 Å². The second-order valence-corrected chi connectivity index (χ2v) is 7.74. The number of aliphatic hydroxyl groups is 1. The molecule has 1 radical (unpaired) electrons. The minimum absolute atomic E-state index is 0.0463. The molecule has 1 heteroatoms. The fraction of sp³-hybridized carbons (Fsp3) is 0.957. The quantitative estimate of drug-likeness (QED) is 0.300. The van der Waals surface area contributed by atoms with Crippen molar-refractivity contribution >= 4 is 0 Å². The van der Waals surface area contributed by atoms with Gasteiger partial charge in [0.1, 0.15) is 0 Å². The molecule has 1 aliphatic carbocycles. The van der Waals surface area contributed by atoms with Crippen LogP contribution in [0.5, 0.6) is 0 Å². The molecular weight excluding hydrogens is 292 g/mol. The summed E-state index contributed by atoms with van der Waals surface area (Å²) in [5.41, 5.74) is 0. The van der Waals surface area contributed by atoms with Crippen molar-refractivity contribution in [3.05, 3.63) is 6.92 Å². The van der Waals surface area contributed by atoms with Crippen molar-refractivity contribution in [2.24, 2.45) is 0 Å². The van der Waals surface area contributed by atoms with E-state index in [9.17, 15) is 0 Å². The maximum absolute atomic E-state index is 8.73. The van der Waals surface area contributed by atoms with Crippen LogP contribution in [-0.4, -0.2) is 11.2 Å². The Labute approximate surface area is 154 Å². The van der Waals surface area contributed by atoms with E-state index in [0.717, 1.165) is 19.3 Å². The number of rotatable bonds is 15. The summed E-state index contributed by atoms with van der Waals surface area (Å²) < 4.78 is 0. The Balaban J connectivity index is 0.000000728. The van der Waals surface area contributed by atoms with Crippen molar-refractivity contribution in [1.82, 2.24) is 0 Å². The van der Waals surface area contributed by atoms with Gasteiger partial charge in [-0.05, 0) is 12.8 Å². The molecule has 0 atom stereocenters.